The smallest absolute Gasteiger partial charge is 0.263 e. The van der Waals surface area contributed by atoms with Gasteiger partial charge in [-0.1, -0.05) is 6.92 Å². The molecule has 0 bridgehead atoms. The molecule has 0 radical (unpaired) electrons. The molecule has 1 aromatic heterocycles. The third kappa shape index (κ3) is 3.84. The first-order valence-electron chi connectivity index (χ1n) is 7.07. The second-order valence-electron chi connectivity index (χ2n) is 5.18. The number of nitrogens with one attached hydrogen (secondary N) is 1. The van der Waals surface area contributed by atoms with Crippen LogP contribution in [0, 0.1) is 5.92 Å². The Morgan fingerprint density at radius 1 is 1.36 bits per heavy atom. The molecule has 0 fully saturated rings. The Bertz CT molecular complexity index is 625. The number of aliphatic hydroxyl groups excluding tert-OH is 1. The fraction of sp³-hybridized carbons (Fsp3) is 0.375. The largest absolute Gasteiger partial charge is 0.497 e. The molecule has 0 aliphatic carbocycles. The minimum absolute atomic E-state index is 0.0120. The number of carbonyl (C=O) groups excluding carboxylic acids is 1. The standard InChI is InChI=1S/C16H20N2O3S/c1-10(9-19)11(2)18-15(20)14-8-17-16(22-14)12-4-6-13(21-3)7-5-12/h4-8,10-11,19H,9H2,1-3H3,(H,18,20). The van der Waals surface area contributed by atoms with E-state index in [1.165, 1.54) is 11.3 Å². The van der Waals surface area contributed by atoms with Crippen LogP contribution in [-0.4, -0.2) is 35.8 Å². The molecule has 1 heterocycles. The maximum Gasteiger partial charge on any atom is 0.263 e. The second kappa shape index (κ2) is 7.38. The van der Waals surface area contributed by atoms with Gasteiger partial charge in [0.2, 0.25) is 0 Å². The van der Waals surface area contributed by atoms with Crippen LogP contribution in [-0.2, 0) is 0 Å². The number of nitrogens with zero attached hydrogens (tertiary/aromatic N) is 1. The summed E-state index contributed by atoms with van der Waals surface area (Å²) in [5.74, 6) is 0.632. The summed E-state index contributed by atoms with van der Waals surface area (Å²) in [6.45, 7) is 3.81. The van der Waals surface area contributed by atoms with Crippen molar-refractivity contribution in [3.63, 3.8) is 0 Å². The molecule has 22 heavy (non-hydrogen) atoms. The molecule has 2 rings (SSSR count). The molecular formula is C16H20N2O3S. The van der Waals surface area contributed by atoms with Crippen LogP contribution < -0.4 is 10.1 Å². The summed E-state index contributed by atoms with van der Waals surface area (Å²) in [6.07, 6.45) is 1.58. The van der Waals surface area contributed by atoms with E-state index in [0.29, 0.717) is 4.88 Å². The number of aromatic nitrogens is 1. The molecule has 0 saturated carbocycles. The van der Waals surface area contributed by atoms with Gasteiger partial charge < -0.3 is 15.2 Å². The molecule has 2 aromatic rings. The van der Waals surface area contributed by atoms with Gasteiger partial charge in [-0.2, -0.15) is 0 Å². The number of rotatable bonds is 6. The van der Waals surface area contributed by atoms with Crippen LogP contribution in [0.25, 0.3) is 10.6 Å². The fourth-order valence-electron chi connectivity index (χ4n) is 1.82. The van der Waals surface area contributed by atoms with E-state index in [0.717, 1.165) is 16.3 Å². The van der Waals surface area contributed by atoms with Gasteiger partial charge in [0.15, 0.2) is 0 Å². The summed E-state index contributed by atoms with van der Waals surface area (Å²) in [5, 5.41) is 12.8. The first-order valence-corrected chi connectivity index (χ1v) is 7.88. The molecule has 2 atom stereocenters. The molecule has 1 aromatic carbocycles. The number of thiazole rings is 1. The summed E-state index contributed by atoms with van der Waals surface area (Å²) >= 11 is 1.34. The third-order valence-corrected chi connectivity index (χ3v) is 4.61. The van der Waals surface area contributed by atoms with Gasteiger partial charge in [-0.3, -0.25) is 4.79 Å². The van der Waals surface area contributed by atoms with Crippen LogP contribution in [0.4, 0.5) is 0 Å². The number of aliphatic hydroxyl groups is 1. The summed E-state index contributed by atoms with van der Waals surface area (Å²) in [7, 11) is 1.62. The van der Waals surface area contributed by atoms with Crippen molar-refractivity contribution in [2.45, 2.75) is 19.9 Å². The predicted molar refractivity (Wildman–Crippen MR) is 87.3 cm³/mol. The summed E-state index contributed by atoms with van der Waals surface area (Å²) in [6, 6.07) is 7.46. The Morgan fingerprint density at radius 3 is 2.64 bits per heavy atom. The topological polar surface area (TPSA) is 71.5 Å². The number of methoxy groups -OCH3 is 1. The number of hydrogen-bond donors (Lipinski definition) is 2. The van der Waals surface area contributed by atoms with Gasteiger partial charge >= 0.3 is 0 Å². The first kappa shape index (κ1) is 16.5. The molecule has 0 saturated heterocycles. The van der Waals surface area contributed by atoms with Gasteiger partial charge in [0.25, 0.3) is 5.91 Å². The van der Waals surface area contributed by atoms with E-state index in [2.05, 4.69) is 10.3 Å². The van der Waals surface area contributed by atoms with E-state index in [-0.39, 0.29) is 24.5 Å². The Labute approximate surface area is 134 Å². The highest BCUT2D eigenvalue weighted by molar-refractivity contribution is 7.16. The monoisotopic (exact) mass is 320 g/mol. The number of hydrogen-bond acceptors (Lipinski definition) is 5. The van der Waals surface area contributed by atoms with Crippen LogP contribution in [0.3, 0.4) is 0 Å². The molecule has 6 heteroatoms. The Morgan fingerprint density at radius 2 is 2.05 bits per heavy atom. The SMILES string of the molecule is COc1ccc(-c2ncc(C(=O)NC(C)C(C)CO)s2)cc1. The van der Waals surface area contributed by atoms with E-state index in [4.69, 9.17) is 9.84 Å². The lowest BCUT2D eigenvalue weighted by Gasteiger charge is -2.18. The zero-order chi connectivity index (χ0) is 16.1. The minimum Gasteiger partial charge on any atom is -0.497 e. The van der Waals surface area contributed by atoms with Gasteiger partial charge in [0, 0.05) is 18.2 Å². The third-order valence-electron chi connectivity index (χ3n) is 3.57. The van der Waals surface area contributed by atoms with E-state index < -0.39 is 0 Å². The Balaban J connectivity index is 2.08. The maximum atomic E-state index is 12.2. The average molecular weight is 320 g/mol. The van der Waals surface area contributed by atoms with Crippen molar-refractivity contribution in [1.82, 2.24) is 10.3 Å². The number of carbonyl (C=O) groups is 1. The van der Waals surface area contributed by atoms with E-state index in [1.807, 2.05) is 38.1 Å². The highest BCUT2D eigenvalue weighted by atomic mass is 32.1. The average Bonchev–Trinajstić information content (AvgIpc) is 3.04. The zero-order valence-corrected chi connectivity index (χ0v) is 13.7. The van der Waals surface area contributed by atoms with Crippen LogP contribution in [0.5, 0.6) is 5.75 Å². The highest BCUT2D eigenvalue weighted by Gasteiger charge is 2.17. The van der Waals surface area contributed by atoms with Gasteiger partial charge in [0.1, 0.15) is 15.6 Å². The molecule has 2 unspecified atom stereocenters. The summed E-state index contributed by atoms with van der Waals surface area (Å²) in [4.78, 5) is 17.0. The van der Waals surface area contributed by atoms with E-state index in [9.17, 15) is 4.79 Å². The lowest BCUT2D eigenvalue weighted by molar-refractivity contribution is 0.0920. The van der Waals surface area contributed by atoms with Crippen LogP contribution in [0.1, 0.15) is 23.5 Å². The van der Waals surface area contributed by atoms with Gasteiger partial charge in [-0.05, 0) is 37.1 Å². The molecule has 0 aliphatic heterocycles. The lowest BCUT2D eigenvalue weighted by atomic mass is 10.1. The van der Waals surface area contributed by atoms with Crippen molar-refractivity contribution >= 4 is 17.2 Å². The minimum atomic E-state index is -0.162. The van der Waals surface area contributed by atoms with Gasteiger partial charge in [-0.25, -0.2) is 4.98 Å². The van der Waals surface area contributed by atoms with Gasteiger partial charge in [-0.15, -0.1) is 11.3 Å². The van der Waals surface area contributed by atoms with Crippen molar-refractivity contribution in [3.8, 4) is 16.3 Å². The van der Waals surface area contributed by atoms with Crippen molar-refractivity contribution in [1.29, 1.82) is 0 Å². The Kier molecular flexibility index (Phi) is 5.51. The highest BCUT2D eigenvalue weighted by Crippen LogP contribution is 2.26. The number of benzene rings is 1. The first-order chi connectivity index (χ1) is 10.5. The van der Waals surface area contributed by atoms with Crippen LogP contribution in [0.15, 0.2) is 30.5 Å². The maximum absolute atomic E-state index is 12.2. The fourth-order valence-corrected chi connectivity index (χ4v) is 2.65. The lowest BCUT2D eigenvalue weighted by Crippen LogP contribution is -2.38. The van der Waals surface area contributed by atoms with Crippen molar-refractivity contribution in [2.75, 3.05) is 13.7 Å². The van der Waals surface area contributed by atoms with Crippen LogP contribution in [0.2, 0.25) is 0 Å². The number of amides is 1. The van der Waals surface area contributed by atoms with E-state index in [1.54, 1.807) is 13.3 Å². The number of ether oxygens (including phenoxy) is 1. The van der Waals surface area contributed by atoms with Crippen LogP contribution >= 0.6 is 11.3 Å². The summed E-state index contributed by atoms with van der Waals surface area (Å²) < 4.78 is 5.12. The Hall–Kier alpha value is -1.92. The molecule has 5 nitrogen and oxygen atoms in total. The molecule has 118 valence electrons. The van der Waals surface area contributed by atoms with Gasteiger partial charge in [0.05, 0.1) is 13.3 Å². The summed E-state index contributed by atoms with van der Waals surface area (Å²) in [5.41, 5.74) is 0.946. The molecule has 0 aliphatic rings. The van der Waals surface area contributed by atoms with E-state index >= 15 is 0 Å². The predicted octanol–water partition coefficient (Wildman–Crippen LogP) is 2.57. The zero-order valence-electron chi connectivity index (χ0n) is 12.9. The normalized spacial score (nSPS) is 13.5. The molecule has 1 amide bonds. The second-order valence-corrected chi connectivity index (χ2v) is 6.21. The van der Waals surface area contributed by atoms with Crippen molar-refractivity contribution < 1.29 is 14.6 Å². The van der Waals surface area contributed by atoms with Crippen molar-refractivity contribution in [3.05, 3.63) is 35.3 Å². The molecule has 0 spiro atoms. The molecular weight excluding hydrogens is 300 g/mol. The molecule has 2 N–H and O–H groups in total. The van der Waals surface area contributed by atoms with Crippen molar-refractivity contribution in [2.24, 2.45) is 5.92 Å². The quantitative estimate of drug-likeness (QED) is 0.858.